The molecule has 3 saturated carbocycles. The Bertz CT molecular complexity index is 1470. The third-order valence-corrected chi connectivity index (χ3v) is 11.9. The summed E-state index contributed by atoms with van der Waals surface area (Å²) in [5.41, 5.74) is -1.74. The SMILES string of the molecule is O=C(Nc1cc(F)c(F)c(F)c1)c1ccc(Cl)c(S(=O)(=O)C2CC3CC[C@@H](C2)C3(O)CCC(=O)C2C[C@@H](O)[C@@H](O)C2)c1. The number of ketones is 1. The van der Waals surface area contributed by atoms with E-state index in [4.69, 9.17) is 11.6 Å². The van der Waals surface area contributed by atoms with Gasteiger partial charge in [0.15, 0.2) is 27.3 Å². The number of aliphatic hydroxyl groups excluding tert-OH is 2. The van der Waals surface area contributed by atoms with Crippen molar-refractivity contribution < 1.29 is 46.5 Å². The van der Waals surface area contributed by atoms with Crippen LogP contribution >= 0.6 is 11.6 Å². The summed E-state index contributed by atoms with van der Waals surface area (Å²) in [4.78, 5) is 25.2. The number of amides is 1. The molecule has 0 aromatic heterocycles. The van der Waals surface area contributed by atoms with Crippen LogP contribution < -0.4 is 5.32 Å². The van der Waals surface area contributed by atoms with Crippen molar-refractivity contribution in [3.05, 3.63) is 58.4 Å². The molecule has 13 heteroatoms. The van der Waals surface area contributed by atoms with Gasteiger partial charge in [-0.15, -0.1) is 0 Å². The van der Waals surface area contributed by atoms with Crippen LogP contribution in [0.5, 0.6) is 0 Å². The Labute approximate surface area is 245 Å². The van der Waals surface area contributed by atoms with Crippen molar-refractivity contribution in [2.75, 3.05) is 5.32 Å². The van der Waals surface area contributed by atoms with E-state index in [0.29, 0.717) is 25.0 Å². The Kier molecular flexibility index (Phi) is 8.49. The average Bonchev–Trinajstić information content (AvgIpc) is 3.31. The van der Waals surface area contributed by atoms with Crippen molar-refractivity contribution in [2.24, 2.45) is 17.8 Å². The highest BCUT2D eigenvalue weighted by Crippen LogP contribution is 2.54. The largest absolute Gasteiger partial charge is 0.390 e. The first-order chi connectivity index (χ1) is 19.7. The number of fused-ring (bicyclic) bond motifs is 2. The maximum atomic E-state index is 13.8. The summed E-state index contributed by atoms with van der Waals surface area (Å²) < 4.78 is 67.9. The van der Waals surface area contributed by atoms with Gasteiger partial charge in [-0.05, 0) is 75.0 Å². The van der Waals surface area contributed by atoms with Crippen molar-refractivity contribution in [3.63, 3.8) is 0 Å². The molecule has 228 valence electrons. The van der Waals surface area contributed by atoms with Crippen LogP contribution in [0, 0.1) is 35.2 Å². The quantitative estimate of drug-likeness (QED) is 0.321. The second-order valence-electron chi connectivity index (χ2n) is 11.7. The molecular formula is C29H31ClF3NO7S. The summed E-state index contributed by atoms with van der Waals surface area (Å²) in [5.74, 6) is -6.95. The molecule has 2 aromatic carbocycles. The normalized spacial score (nSPS) is 30.8. The minimum absolute atomic E-state index is 0.0653. The summed E-state index contributed by atoms with van der Waals surface area (Å²) in [6.07, 6.45) is 0.145. The number of nitrogens with one attached hydrogen (secondary N) is 1. The summed E-state index contributed by atoms with van der Waals surface area (Å²) in [6.45, 7) is 0. The molecule has 3 aliphatic carbocycles. The number of carbonyl (C=O) groups is 2. The van der Waals surface area contributed by atoms with Crippen LogP contribution in [-0.4, -0.2) is 58.5 Å². The zero-order chi connectivity index (χ0) is 30.6. The number of sulfone groups is 1. The molecule has 0 aliphatic heterocycles. The number of hydrogen-bond donors (Lipinski definition) is 4. The topological polar surface area (TPSA) is 141 Å². The minimum Gasteiger partial charge on any atom is -0.390 e. The Morgan fingerprint density at radius 3 is 2.10 bits per heavy atom. The smallest absolute Gasteiger partial charge is 0.255 e. The van der Waals surface area contributed by atoms with E-state index in [9.17, 15) is 46.5 Å². The van der Waals surface area contributed by atoms with E-state index in [1.165, 1.54) is 12.1 Å². The maximum Gasteiger partial charge on any atom is 0.255 e. The molecule has 3 aliphatic rings. The van der Waals surface area contributed by atoms with E-state index >= 15 is 0 Å². The first kappa shape index (κ1) is 30.9. The van der Waals surface area contributed by atoms with Gasteiger partial charge in [-0.25, -0.2) is 21.6 Å². The Morgan fingerprint density at radius 2 is 1.52 bits per heavy atom. The van der Waals surface area contributed by atoms with Crippen molar-refractivity contribution in [2.45, 2.75) is 79.3 Å². The lowest BCUT2D eigenvalue weighted by Crippen LogP contribution is -2.48. The molecular weight excluding hydrogens is 599 g/mol. The molecule has 5 rings (SSSR count). The number of carbonyl (C=O) groups excluding carboxylic acids is 2. The monoisotopic (exact) mass is 629 g/mol. The fraction of sp³-hybridized carbons (Fsp3) is 0.517. The lowest BCUT2D eigenvalue weighted by Gasteiger charge is -2.42. The lowest BCUT2D eigenvalue weighted by molar-refractivity contribution is -0.126. The van der Waals surface area contributed by atoms with Gasteiger partial charge in [-0.3, -0.25) is 9.59 Å². The van der Waals surface area contributed by atoms with Gasteiger partial charge in [-0.1, -0.05) is 11.6 Å². The number of Topliss-reactive ketones (excluding diaryl/α,β-unsaturated/α-hetero) is 1. The number of halogens is 4. The maximum absolute atomic E-state index is 13.8. The van der Waals surface area contributed by atoms with E-state index in [2.05, 4.69) is 5.32 Å². The molecule has 8 nitrogen and oxygen atoms in total. The third kappa shape index (κ3) is 5.71. The van der Waals surface area contributed by atoms with Gasteiger partial charge in [-0.2, -0.15) is 0 Å². The van der Waals surface area contributed by atoms with Crippen LogP contribution in [0.2, 0.25) is 5.02 Å². The van der Waals surface area contributed by atoms with Crippen LogP contribution in [0.3, 0.4) is 0 Å². The van der Waals surface area contributed by atoms with Gasteiger partial charge in [0.05, 0.1) is 33.0 Å². The molecule has 4 N–H and O–H groups in total. The van der Waals surface area contributed by atoms with Crippen molar-refractivity contribution in [1.82, 2.24) is 0 Å². The summed E-state index contributed by atoms with van der Waals surface area (Å²) in [7, 11) is -4.09. The van der Waals surface area contributed by atoms with E-state index in [1.54, 1.807) is 0 Å². The first-order valence-electron chi connectivity index (χ1n) is 13.8. The zero-order valence-electron chi connectivity index (χ0n) is 22.4. The number of hydrogen-bond acceptors (Lipinski definition) is 7. The van der Waals surface area contributed by atoms with E-state index in [-0.39, 0.29) is 77.3 Å². The molecule has 42 heavy (non-hydrogen) atoms. The molecule has 0 saturated heterocycles. The Hall–Kier alpha value is -2.51. The molecule has 2 aromatic rings. The van der Waals surface area contributed by atoms with Gasteiger partial charge in [0, 0.05) is 35.7 Å². The first-order valence-corrected chi connectivity index (χ1v) is 15.7. The number of anilines is 1. The van der Waals surface area contributed by atoms with Crippen LogP contribution in [0.4, 0.5) is 18.9 Å². The van der Waals surface area contributed by atoms with Gasteiger partial charge < -0.3 is 20.6 Å². The van der Waals surface area contributed by atoms with Crippen LogP contribution in [-0.2, 0) is 14.6 Å². The van der Waals surface area contributed by atoms with E-state index in [0.717, 1.165) is 6.07 Å². The summed E-state index contributed by atoms with van der Waals surface area (Å²) in [5, 5.41) is 32.3. The van der Waals surface area contributed by atoms with E-state index in [1.807, 2.05) is 0 Å². The van der Waals surface area contributed by atoms with Gasteiger partial charge in [0.1, 0.15) is 5.78 Å². The number of aliphatic hydroxyl groups is 3. The molecule has 0 heterocycles. The van der Waals surface area contributed by atoms with E-state index < -0.39 is 62.2 Å². The third-order valence-electron chi connectivity index (χ3n) is 9.28. The molecule has 7 atom stereocenters. The highest BCUT2D eigenvalue weighted by molar-refractivity contribution is 7.92. The second kappa shape index (κ2) is 11.5. The van der Waals surface area contributed by atoms with Crippen molar-refractivity contribution in [1.29, 1.82) is 0 Å². The second-order valence-corrected chi connectivity index (χ2v) is 14.3. The van der Waals surface area contributed by atoms with Crippen LogP contribution in [0.1, 0.15) is 61.7 Å². The van der Waals surface area contributed by atoms with Gasteiger partial charge >= 0.3 is 0 Å². The van der Waals surface area contributed by atoms with Crippen molar-refractivity contribution in [3.8, 4) is 0 Å². The molecule has 2 bridgehead atoms. The van der Waals surface area contributed by atoms with Gasteiger partial charge in [0.25, 0.3) is 5.91 Å². The van der Waals surface area contributed by atoms with Crippen LogP contribution in [0.25, 0.3) is 0 Å². The molecule has 3 fully saturated rings. The predicted octanol–water partition coefficient (Wildman–Crippen LogP) is 4.18. The molecule has 4 unspecified atom stereocenters. The van der Waals surface area contributed by atoms with Crippen LogP contribution in [0.15, 0.2) is 35.2 Å². The average molecular weight is 630 g/mol. The zero-order valence-corrected chi connectivity index (χ0v) is 24.0. The summed E-state index contributed by atoms with van der Waals surface area (Å²) >= 11 is 6.26. The summed E-state index contributed by atoms with van der Waals surface area (Å²) in [6, 6.07) is 4.74. The molecule has 1 amide bonds. The highest BCUT2D eigenvalue weighted by Gasteiger charge is 2.55. The number of rotatable bonds is 8. The molecule has 0 spiro atoms. The minimum atomic E-state index is -4.09. The lowest BCUT2D eigenvalue weighted by atomic mass is 9.71. The fourth-order valence-electron chi connectivity index (χ4n) is 6.93. The predicted molar refractivity (Wildman–Crippen MR) is 146 cm³/mol. The molecule has 0 radical (unpaired) electrons. The Balaban J connectivity index is 1.29. The Morgan fingerprint density at radius 1 is 0.952 bits per heavy atom. The fourth-order valence-corrected chi connectivity index (χ4v) is 9.33. The standard InChI is InChI=1S/C29H31ClF3NO7S/c30-20-4-1-14(28(38)34-18-12-21(31)27(33)22(32)13-18)9-26(20)42(40,41)19-10-16-2-3-17(11-19)29(16,39)6-5-23(35)15-7-24(36)25(37)8-15/h1,4,9,12-13,15-17,19,24-25,36-37,39H,2-3,5-8,10-11H2,(H,34,38)/t15?,16-,17?,19?,24-,25+,29?/m0/s1. The highest BCUT2D eigenvalue weighted by atomic mass is 35.5. The number of benzene rings is 2. The van der Waals surface area contributed by atoms with Crippen molar-refractivity contribution >= 4 is 38.8 Å². The van der Waals surface area contributed by atoms with Gasteiger partial charge in [0.2, 0.25) is 0 Å².